The molecule has 30 heavy (non-hydrogen) atoms. The monoisotopic (exact) mass is 408 g/mol. The van der Waals surface area contributed by atoms with Crippen LogP contribution in [0.5, 0.6) is 0 Å². The fraction of sp³-hybridized carbons (Fsp3) is 0.500. The lowest BCUT2D eigenvalue weighted by atomic mass is 10.1. The van der Waals surface area contributed by atoms with Crippen molar-refractivity contribution in [2.45, 2.75) is 53.0 Å². The van der Waals surface area contributed by atoms with Crippen molar-refractivity contribution in [2.24, 2.45) is 0 Å². The van der Waals surface area contributed by atoms with E-state index in [-0.39, 0.29) is 0 Å². The van der Waals surface area contributed by atoms with Crippen LogP contribution in [0.2, 0.25) is 0 Å². The van der Waals surface area contributed by atoms with Crippen LogP contribution in [0.1, 0.15) is 44.9 Å². The highest BCUT2D eigenvalue weighted by Crippen LogP contribution is 2.18. The number of H-pyrrole nitrogens is 1. The molecule has 0 aliphatic heterocycles. The van der Waals surface area contributed by atoms with E-state index in [9.17, 15) is 0 Å². The quantitative estimate of drug-likeness (QED) is 0.400. The molecule has 1 aromatic carbocycles. The summed E-state index contributed by atoms with van der Waals surface area (Å²) in [5.74, 6) is 1.58. The fourth-order valence-corrected chi connectivity index (χ4v) is 3.84. The molecule has 0 aliphatic rings. The van der Waals surface area contributed by atoms with Crippen molar-refractivity contribution in [3.8, 4) is 0 Å². The van der Waals surface area contributed by atoms with Crippen molar-refractivity contribution in [3.63, 3.8) is 0 Å². The van der Waals surface area contributed by atoms with Crippen LogP contribution in [0.3, 0.4) is 0 Å². The Balaban J connectivity index is 1.50. The molecule has 0 fully saturated rings. The summed E-state index contributed by atoms with van der Waals surface area (Å²) >= 11 is 0. The number of aromatic amines is 1. The summed E-state index contributed by atoms with van der Waals surface area (Å²) < 4.78 is 0. The minimum absolute atomic E-state index is 0.349. The van der Waals surface area contributed by atoms with Gasteiger partial charge in [-0.05, 0) is 64.4 Å². The van der Waals surface area contributed by atoms with E-state index in [1.54, 1.807) is 0 Å². The third-order valence-corrected chi connectivity index (χ3v) is 5.61. The molecule has 162 valence electrons. The molecule has 2 heterocycles. The number of aryl methyl sites for hydroxylation is 1. The Hall–Kier alpha value is -2.60. The molecule has 1 atom stereocenters. The number of anilines is 2. The first-order chi connectivity index (χ1) is 14.6. The molecule has 0 radical (unpaired) electrons. The molecule has 1 unspecified atom stereocenters. The van der Waals surface area contributed by atoms with E-state index in [1.165, 1.54) is 22.9 Å². The number of para-hydroxylation sites is 1. The Labute approximate surface area is 180 Å². The molecule has 0 saturated carbocycles. The topological polar surface area (TPSA) is 68.9 Å². The summed E-state index contributed by atoms with van der Waals surface area (Å²) in [6.45, 7) is 12.9. The SMILES string of the molecule is CCN(CC)CCCC(C)Nc1nc(C)cc(NCCc2c[nH]c3ccccc23)n1. The van der Waals surface area contributed by atoms with Gasteiger partial charge in [0, 0.05) is 41.4 Å². The Kier molecular flexibility index (Phi) is 8.08. The largest absolute Gasteiger partial charge is 0.370 e. The smallest absolute Gasteiger partial charge is 0.225 e. The van der Waals surface area contributed by atoms with Crippen molar-refractivity contribution < 1.29 is 0 Å². The second kappa shape index (κ2) is 11.0. The first kappa shape index (κ1) is 22.1. The van der Waals surface area contributed by atoms with Crippen molar-refractivity contribution in [3.05, 3.63) is 47.8 Å². The minimum atomic E-state index is 0.349. The Morgan fingerprint density at radius 2 is 1.93 bits per heavy atom. The molecule has 3 rings (SSSR count). The van der Waals surface area contributed by atoms with Gasteiger partial charge in [-0.1, -0.05) is 32.0 Å². The molecule has 6 nitrogen and oxygen atoms in total. The van der Waals surface area contributed by atoms with E-state index < -0.39 is 0 Å². The number of hydrogen-bond acceptors (Lipinski definition) is 5. The van der Waals surface area contributed by atoms with Gasteiger partial charge in [0.25, 0.3) is 0 Å². The lowest BCUT2D eigenvalue weighted by Crippen LogP contribution is -2.26. The maximum absolute atomic E-state index is 4.68. The van der Waals surface area contributed by atoms with Crippen LogP contribution in [0, 0.1) is 6.92 Å². The zero-order valence-electron chi connectivity index (χ0n) is 18.8. The van der Waals surface area contributed by atoms with E-state index in [0.29, 0.717) is 12.0 Å². The summed E-state index contributed by atoms with van der Waals surface area (Å²) in [7, 11) is 0. The zero-order valence-corrected chi connectivity index (χ0v) is 18.8. The molecule has 3 N–H and O–H groups in total. The van der Waals surface area contributed by atoms with Gasteiger partial charge in [-0.3, -0.25) is 0 Å². The lowest BCUT2D eigenvalue weighted by Gasteiger charge is -2.20. The van der Waals surface area contributed by atoms with E-state index in [2.05, 4.69) is 81.7 Å². The second-order valence-electron chi connectivity index (χ2n) is 7.97. The van der Waals surface area contributed by atoms with Gasteiger partial charge in [-0.2, -0.15) is 4.98 Å². The van der Waals surface area contributed by atoms with Gasteiger partial charge < -0.3 is 20.5 Å². The maximum Gasteiger partial charge on any atom is 0.225 e. The number of hydrogen-bond donors (Lipinski definition) is 3. The number of aromatic nitrogens is 3. The van der Waals surface area contributed by atoms with E-state index >= 15 is 0 Å². The average molecular weight is 409 g/mol. The normalized spacial score (nSPS) is 12.4. The van der Waals surface area contributed by atoms with Gasteiger partial charge in [0.1, 0.15) is 5.82 Å². The molecular weight excluding hydrogens is 372 g/mol. The predicted octanol–water partition coefficient (Wildman–Crippen LogP) is 4.84. The molecule has 0 saturated heterocycles. The van der Waals surface area contributed by atoms with E-state index in [4.69, 9.17) is 0 Å². The van der Waals surface area contributed by atoms with Crippen LogP contribution in [0.25, 0.3) is 10.9 Å². The van der Waals surface area contributed by atoms with Crippen LogP contribution in [-0.2, 0) is 6.42 Å². The van der Waals surface area contributed by atoms with Crippen LogP contribution < -0.4 is 10.6 Å². The highest BCUT2D eigenvalue weighted by Gasteiger charge is 2.08. The maximum atomic E-state index is 4.68. The number of fused-ring (bicyclic) bond motifs is 1. The van der Waals surface area contributed by atoms with Gasteiger partial charge in [0.05, 0.1) is 0 Å². The zero-order chi connectivity index (χ0) is 21.3. The summed E-state index contributed by atoms with van der Waals surface area (Å²) in [6.07, 6.45) is 5.33. The predicted molar refractivity (Wildman–Crippen MR) is 127 cm³/mol. The Morgan fingerprint density at radius 1 is 1.13 bits per heavy atom. The van der Waals surface area contributed by atoms with Crippen LogP contribution in [-0.4, -0.2) is 52.1 Å². The highest BCUT2D eigenvalue weighted by atomic mass is 15.2. The molecule has 0 aliphatic carbocycles. The summed E-state index contributed by atoms with van der Waals surface area (Å²) in [4.78, 5) is 15.1. The van der Waals surface area contributed by atoms with Crippen molar-refractivity contribution in [1.82, 2.24) is 19.9 Å². The summed E-state index contributed by atoms with van der Waals surface area (Å²) in [5.41, 5.74) is 3.48. The fourth-order valence-electron chi connectivity index (χ4n) is 3.84. The number of rotatable bonds is 12. The third-order valence-electron chi connectivity index (χ3n) is 5.61. The van der Waals surface area contributed by atoms with Crippen molar-refractivity contribution in [2.75, 3.05) is 36.8 Å². The Bertz CT molecular complexity index is 915. The summed E-state index contributed by atoms with van der Waals surface area (Å²) in [6, 6.07) is 10.8. The molecule has 0 amide bonds. The Morgan fingerprint density at radius 3 is 2.73 bits per heavy atom. The van der Waals surface area contributed by atoms with Crippen molar-refractivity contribution >= 4 is 22.7 Å². The van der Waals surface area contributed by atoms with Gasteiger partial charge >= 0.3 is 0 Å². The summed E-state index contributed by atoms with van der Waals surface area (Å²) in [5, 5.41) is 8.23. The van der Waals surface area contributed by atoms with Gasteiger partial charge in [0.15, 0.2) is 0 Å². The second-order valence-corrected chi connectivity index (χ2v) is 7.97. The third kappa shape index (κ3) is 6.20. The molecule has 0 bridgehead atoms. The molecule has 0 spiro atoms. The number of nitrogens with one attached hydrogen (secondary N) is 3. The van der Waals surface area contributed by atoms with E-state index in [1.807, 2.05) is 13.0 Å². The first-order valence-corrected chi connectivity index (χ1v) is 11.2. The van der Waals surface area contributed by atoms with Gasteiger partial charge in [-0.15, -0.1) is 0 Å². The van der Waals surface area contributed by atoms with Crippen LogP contribution in [0.15, 0.2) is 36.5 Å². The van der Waals surface area contributed by atoms with Crippen molar-refractivity contribution in [1.29, 1.82) is 0 Å². The molecule has 6 heteroatoms. The van der Waals surface area contributed by atoms with E-state index in [0.717, 1.165) is 50.5 Å². The van der Waals surface area contributed by atoms with Gasteiger partial charge in [0.2, 0.25) is 5.95 Å². The average Bonchev–Trinajstić information content (AvgIpc) is 3.14. The molecule has 2 aromatic heterocycles. The highest BCUT2D eigenvalue weighted by molar-refractivity contribution is 5.83. The van der Waals surface area contributed by atoms with Crippen LogP contribution >= 0.6 is 0 Å². The molecular formula is C24H36N6. The lowest BCUT2D eigenvalue weighted by molar-refractivity contribution is 0.295. The molecule has 3 aromatic rings. The standard InChI is InChI=1S/C24H36N6/c1-5-30(6-2)15-9-10-18(3)27-24-28-19(4)16-23(29-24)25-14-13-20-17-26-22-12-8-7-11-21(20)22/h7-8,11-12,16-18,26H,5-6,9-10,13-15H2,1-4H3,(H2,25,27,28,29). The number of nitrogens with zero attached hydrogens (tertiary/aromatic N) is 3. The van der Waals surface area contributed by atoms with Gasteiger partial charge in [-0.25, -0.2) is 4.98 Å². The number of benzene rings is 1. The first-order valence-electron chi connectivity index (χ1n) is 11.2. The van der Waals surface area contributed by atoms with Crippen LogP contribution in [0.4, 0.5) is 11.8 Å². The minimum Gasteiger partial charge on any atom is -0.370 e.